The normalized spacial score (nSPS) is 18.2. The molecule has 0 saturated carbocycles. The third-order valence-electron chi connectivity index (χ3n) is 7.38. The van der Waals surface area contributed by atoms with Gasteiger partial charge in [-0.1, -0.05) is 0 Å². The molecule has 2 aliphatic rings. The topological polar surface area (TPSA) is 75.5 Å². The second-order valence-electron chi connectivity index (χ2n) is 10.2. The van der Waals surface area contributed by atoms with E-state index in [-0.39, 0.29) is 12.2 Å². The predicted octanol–water partition coefficient (Wildman–Crippen LogP) is 5.48. The van der Waals surface area contributed by atoms with Crippen molar-refractivity contribution in [2.45, 2.75) is 25.4 Å². The highest BCUT2D eigenvalue weighted by molar-refractivity contribution is 5.91. The van der Waals surface area contributed by atoms with Gasteiger partial charge in [-0.3, -0.25) is 4.68 Å². The number of nitrogens with zero attached hydrogens (tertiary/aromatic N) is 5. The number of morpholine rings is 1. The summed E-state index contributed by atoms with van der Waals surface area (Å²) < 4.78 is 88.1. The smallest absolute Gasteiger partial charge is 0.378 e. The molecule has 1 aromatic carbocycles. The molecular weight excluding hydrogens is 554 g/mol. The van der Waals surface area contributed by atoms with Crippen molar-refractivity contribution in [3.63, 3.8) is 0 Å². The summed E-state index contributed by atoms with van der Waals surface area (Å²) in [6.07, 6.45) is -2.77. The second-order valence-corrected chi connectivity index (χ2v) is 10.2. The van der Waals surface area contributed by atoms with Crippen molar-refractivity contribution >= 4 is 17.5 Å². The zero-order chi connectivity index (χ0) is 29.5. The van der Waals surface area contributed by atoms with E-state index >= 15 is 0 Å². The fraction of sp³-hybridized carbons (Fsp3) is 0.444. The Hall–Kier alpha value is -3.81. The Kier molecular flexibility index (Phi) is 7.62. The molecule has 0 unspecified atom stereocenters. The largest absolute Gasteiger partial charge is 0.453 e. The number of hydrogen-bond acceptors (Lipinski definition) is 5. The van der Waals surface area contributed by atoms with Gasteiger partial charge in [-0.2, -0.15) is 27.1 Å². The SMILES string of the molecule is Cc1cc(F)c(NC(=O)N2CC[C@@H](C(F)(F)C(F)(F)F)C2)cc1-c1cc(-c2cnn(C)c2)nc(N2CCOCC2)c1. The molecule has 2 amide bonds. The highest BCUT2D eigenvalue weighted by Crippen LogP contribution is 2.44. The van der Waals surface area contributed by atoms with Gasteiger partial charge in [-0.05, 0) is 54.3 Å². The van der Waals surface area contributed by atoms with Crippen molar-refractivity contribution < 1.29 is 35.9 Å². The quantitative estimate of drug-likeness (QED) is 0.403. The zero-order valence-corrected chi connectivity index (χ0v) is 22.3. The van der Waals surface area contributed by atoms with Crippen LogP contribution in [0, 0.1) is 18.7 Å². The Labute approximate surface area is 231 Å². The van der Waals surface area contributed by atoms with Crippen LogP contribution < -0.4 is 10.2 Å². The van der Waals surface area contributed by atoms with Crippen molar-refractivity contribution in [2.24, 2.45) is 13.0 Å². The first-order valence-electron chi connectivity index (χ1n) is 13.0. The Balaban J connectivity index is 1.44. The first-order valence-corrected chi connectivity index (χ1v) is 13.0. The van der Waals surface area contributed by atoms with Crippen molar-refractivity contribution in [3.05, 3.63) is 48.0 Å². The number of likely N-dealkylation sites (tertiary alicyclic amines) is 1. The van der Waals surface area contributed by atoms with Gasteiger partial charge < -0.3 is 19.9 Å². The van der Waals surface area contributed by atoms with Crippen molar-refractivity contribution in [3.8, 4) is 22.4 Å². The van der Waals surface area contributed by atoms with Gasteiger partial charge in [0.05, 0.1) is 36.7 Å². The number of pyridine rings is 1. The number of anilines is 2. The Morgan fingerprint density at radius 1 is 1.05 bits per heavy atom. The molecule has 0 bridgehead atoms. The molecule has 1 N–H and O–H groups in total. The molecule has 0 radical (unpaired) electrons. The van der Waals surface area contributed by atoms with Gasteiger partial charge >= 0.3 is 18.1 Å². The fourth-order valence-electron chi connectivity index (χ4n) is 5.07. The van der Waals surface area contributed by atoms with Crippen LogP contribution in [0.25, 0.3) is 22.4 Å². The van der Waals surface area contributed by atoms with Crippen molar-refractivity contribution in [2.75, 3.05) is 49.6 Å². The van der Waals surface area contributed by atoms with Crippen LogP contribution in [0.15, 0.2) is 36.7 Å². The summed E-state index contributed by atoms with van der Waals surface area (Å²) in [6, 6.07) is 5.36. The summed E-state index contributed by atoms with van der Waals surface area (Å²) in [5, 5.41) is 6.57. The van der Waals surface area contributed by atoms with Gasteiger partial charge in [0.1, 0.15) is 11.6 Å². The molecule has 2 aliphatic heterocycles. The van der Waals surface area contributed by atoms with E-state index in [4.69, 9.17) is 9.72 Å². The molecule has 8 nitrogen and oxygen atoms in total. The van der Waals surface area contributed by atoms with Crippen LogP contribution in [0.2, 0.25) is 0 Å². The van der Waals surface area contributed by atoms with E-state index in [2.05, 4.69) is 15.3 Å². The summed E-state index contributed by atoms with van der Waals surface area (Å²) in [5.41, 5.74) is 2.97. The lowest BCUT2D eigenvalue weighted by molar-refractivity contribution is -0.300. The first kappa shape index (κ1) is 28.7. The van der Waals surface area contributed by atoms with Gasteiger partial charge in [-0.25, -0.2) is 14.2 Å². The van der Waals surface area contributed by atoms with Gasteiger partial charge in [0.2, 0.25) is 0 Å². The number of halogens is 6. The number of carbonyl (C=O) groups excluding carboxylic acids is 1. The molecule has 4 heterocycles. The van der Waals surface area contributed by atoms with Crippen LogP contribution in [0.5, 0.6) is 0 Å². The minimum atomic E-state index is -5.72. The average molecular weight is 583 g/mol. The number of ether oxygens (including phenoxy) is 1. The van der Waals surface area contributed by atoms with Crippen molar-refractivity contribution in [1.82, 2.24) is 19.7 Å². The Bertz CT molecular complexity index is 1440. The zero-order valence-electron chi connectivity index (χ0n) is 22.3. The standard InChI is InChI=1S/C27H28F6N6O2/c1-16-9-21(28)23(36-25(40)39-4-3-19(15-39)26(29,30)27(31,32)33)12-20(16)17-10-22(18-13-34-37(2)14-18)35-24(11-17)38-5-7-41-8-6-38/h9-14,19H,3-8,15H2,1-2H3,(H,36,40)/t19-/m1/s1. The number of hydrogen-bond donors (Lipinski definition) is 1. The highest BCUT2D eigenvalue weighted by Gasteiger charge is 2.63. The molecular formula is C27H28F6N6O2. The summed E-state index contributed by atoms with van der Waals surface area (Å²) in [7, 11) is 1.78. The van der Waals surface area contributed by atoms with Gasteiger partial charge in [0.25, 0.3) is 0 Å². The molecule has 2 aromatic heterocycles. The maximum absolute atomic E-state index is 15.0. The molecule has 0 aliphatic carbocycles. The van der Waals surface area contributed by atoms with E-state index in [1.807, 2.05) is 18.3 Å². The third-order valence-corrected chi connectivity index (χ3v) is 7.38. The van der Waals surface area contributed by atoms with Crippen LogP contribution in [-0.4, -0.2) is 77.2 Å². The monoisotopic (exact) mass is 582 g/mol. The van der Waals surface area contributed by atoms with E-state index in [1.54, 1.807) is 24.9 Å². The number of carbonyl (C=O) groups is 1. The molecule has 1 atom stereocenters. The number of aryl methyl sites for hydroxylation is 2. The molecule has 2 saturated heterocycles. The van der Waals surface area contributed by atoms with Crippen LogP contribution in [0.3, 0.4) is 0 Å². The lowest BCUT2D eigenvalue weighted by atomic mass is 9.98. The van der Waals surface area contributed by atoms with Gasteiger partial charge in [0.15, 0.2) is 0 Å². The number of rotatable bonds is 5. The predicted molar refractivity (Wildman–Crippen MR) is 139 cm³/mol. The molecule has 41 heavy (non-hydrogen) atoms. The van der Waals surface area contributed by atoms with E-state index in [0.717, 1.165) is 10.5 Å². The van der Waals surface area contributed by atoms with Crippen molar-refractivity contribution in [1.29, 1.82) is 0 Å². The Morgan fingerprint density at radius 2 is 1.78 bits per heavy atom. The molecule has 14 heteroatoms. The number of urea groups is 1. The first-order chi connectivity index (χ1) is 19.3. The van der Waals surface area contributed by atoms with Gasteiger partial charge in [-0.15, -0.1) is 0 Å². The average Bonchev–Trinajstić information content (AvgIpc) is 3.60. The minimum absolute atomic E-state index is 0.228. The number of nitrogens with one attached hydrogen (secondary N) is 1. The van der Waals surface area contributed by atoms with E-state index in [0.29, 0.717) is 54.5 Å². The number of alkyl halides is 5. The molecule has 220 valence electrons. The second kappa shape index (κ2) is 10.9. The summed E-state index contributed by atoms with van der Waals surface area (Å²) >= 11 is 0. The highest BCUT2D eigenvalue weighted by atomic mass is 19.4. The third kappa shape index (κ3) is 5.83. The van der Waals surface area contributed by atoms with Crippen LogP contribution >= 0.6 is 0 Å². The molecule has 3 aromatic rings. The molecule has 0 spiro atoms. The summed E-state index contributed by atoms with van der Waals surface area (Å²) in [6.45, 7) is 2.89. The maximum atomic E-state index is 15.0. The van der Waals surface area contributed by atoms with E-state index in [1.165, 1.54) is 12.1 Å². The van der Waals surface area contributed by atoms with E-state index < -0.39 is 42.8 Å². The van der Waals surface area contributed by atoms with E-state index in [9.17, 15) is 31.1 Å². The van der Waals surface area contributed by atoms with Crippen LogP contribution in [0.4, 0.5) is 42.6 Å². The van der Waals surface area contributed by atoms with Crippen LogP contribution in [0.1, 0.15) is 12.0 Å². The number of benzene rings is 1. The summed E-state index contributed by atoms with van der Waals surface area (Å²) in [5.74, 6) is -7.11. The molecule has 2 fully saturated rings. The summed E-state index contributed by atoms with van der Waals surface area (Å²) in [4.78, 5) is 20.5. The maximum Gasteiger partial charge on any atom is 0.453 e. The molecule has 5 rings (SSSR count). The number of amides is 2. The van der Waals surface area contributed by atoms with Gasteiger partial charge in [0, 0.05) is 45.0 Å². The lowest BCUT2D eigenvalue weighted by Crippen LogP contribution is -2.45. The fourth-order valence-corrected chi connectivity index (χ4v) is 5.07. The number of aromatic nitrogens is 3. The lowest BCUT2D eigenvalue weighted by Gasteiger charge is -2.28. The van der Waals surface area contributed by atoms with Crippen LogP contribution in [-0.2, 0) is 11.8 Å². The minimum Gasteiger partial charge on any atom is -0.378 e. The Morgan fingerprint density at radius 3 is 2.44 bits per heavy atom.